The lowest BCUT2D eigenvalue weighted by Crippen LogP contribution is -2.43. The Labute approximate surface area is 142 Å². The van der Waals surface area contributed by atoms with Crippen LogP contribution in [0.15, 0.2) is 28.8 Å². The van der Waals surface area contributed by atoms with Crippen molar-refractivity contribution in [3.8, 4) is 17.1 Å². The topological polar surface area (TPSA) is 85.5 Å². The van der Waals surface area contributed by atoms with Gasteiger partial charge in [0.05, 0.1) is 0 Å². The number of hydrogen-bond donors (Lipinski definition) is 0. The van der Waals surface area contributed by atoms with E-state index in [1.807, 2.05) is 0 Å². The Kier molecular flexibility index (Phi) is 4.75. The van der Waals surface area contributed by atoms with Crippen molar-refractivity contribution in [1.82, 2.24) is 15.0 Å². The highest BCUT2D eigenvalue weighted by atomic mass is 32.2. The van der Waals surface area contributed by atoms with Crippen LogP contribution in [-0.4, -0.2) is 49.9 Å². The van der Waals surface area contributed by atoms with Crippen LogP contribution in [0.5, 0.6) is 5.75 Å². The Morgan fingerprint density at radius 2 is 1.84 bits per heavy atom. The fourth-order valence-corrected chi connectivity index (χ4v) is 3.17. The average Bonchev–Trinajstić information content (AvgIpc) is 3.06. The van der Waals surface area contributed by atoms with E-state index >= 15 is 0 Å². The molecule has 1 amide bonds. The number of halogens is 3. The maximum Gasteiger partial charge on any atom is 0.471 e. The Bertz CT molecular complexity index is 781. The summed E-state index contributed by atoms with van der Waals surface area (Å²) in [5, 5.41) is 3.27. The summed E-state index contributed by atoms with van der Waals surface area (Å²) < 4.78 is 58.0. The molecule has 0 bridgehead atoms. The van der Waals surface area contributed by atoms with Gasteiger partial charge in [0.25, 0.3) is 0 Å². The quantitative estimate of drug-likeness (QED) is 0.801. The lowest BCUT2D eigenvalue weighted by atomic mass is 10.2. The Morgan fingerprint density at radius 1 is 1.20 bits per heavy atom. The number of hydrogen-bond acceptors (Lipinski definition) is 6. The maximum absolute atomic E-state index is 12.4. The van der Waals surface area contributed by atoms with E-state index in [4.69, 9.17) is 4.74 Å². The third kappa shape index (κ3) is 4.16. The number of benzene rings is 1. The molecular weight excluding hydrogens is 363 g/mol. The largest absolute Gasteiger partial charge is 0.471 e. The number of aromatic nitrogens is 2. The molecule has 2 heterocycles. The van der Waals surface area contributed by atoms with Gasteiger partial charge in [-0.2, -0.15) is 18.2 Å². The minimum atomic E-state index is -4.71. The average molecular weight is 375 g/mol. The van der Waals surface area contributed by atoms with E-state index in [9.17, 15) is 22.2 Å². The Morgan fingerprint density at radius 3 is 2.40 bits per heavy atom. The Balaban J connectivity index is 1.65. The second-order valence-corrected chi connectivity index (χ2v) is 6.84. The third-order valence-electron chi connectivity index (χ3n) is 3.42. The summed E-state index contributed by atoms with van der Waals surface area (Å²) in [6.07, 6.45) is -5.28. The molecule has 3 rings (SSSR count). The van der Waals surface area contributed by atoms with Crippen molar-refractivity contribution in [1.29, 1.82) is 0 Å². The summed E-state index contributed by atoms with van der Waals surface area (Å²) >= 11 is 0. The van der Waals surface area contributed by atoms with Gasteiger partial charge in [-0.3, -0.25) is 4.21 Å². The smallest absolute Gasteiger partial charge is 0.410 e. The van der Waals surface area contributed by atoms with Gasteiger partial charge in [-0.05, 0) is 24.3 Å². The monoisotopic (exact) mass is 375 g/mol. The zero-order chi connectivity index (χ0) is 18.0. The second-order valence-electron chi connectivity index (χ2n) is 5.15. The summed E-state index contributed by atoms with van der Waals surface area (Å²) in [6.45, 7) is 0.708. The molecule has 0 unspecified atom stereocenters. The standard InChI is InChI=1S/C14H12F3N3O4S/c15-14(16,17)12-18-11(19-24-12)9-1-3-10(4-2-9)23-13(21)20-5-7-25(22)8-6-20/h1-4H,5-8H2. The summed E-state index contributed by atoms with van der Waals surface area (Å²) in [7, 11) is -0.905. The van der Waals surface area contributed by atoms with Gasteiger partial charge in [0.15, 0.2) is 0 Å². The zero-order valence-corrected chi connectivity index (χ0v) is 13.5. The highest BCUT2D eigenvalue weighted by Crippen LogP contribution is 2.29. The minimum Gasteiger partial charge on any atom is -0.410 e. The van der Waals surface area contributed by atoms with E-state index in [-0.39, 0.29) is 17.1 Å². The van der Waals surface area contributed by atoms with E-state index < -0.39 is 29.0 Å². The molecule has 0 radical (unpaired) electrons. The van der Waals surface area contributed by atoms with Crippen LogP contribution in [0, 0.1) is 0 Å². The van der Waals surface area contributed by atoms with Crippen molar-refractivity contribution in [3.63, 3.8) is 0 Å². The van der Waals surface area contributed by atoms with Gasteiger partial charge in [0.2, 0.25) is 5.82 Å². The highest BCUT2D eigenvalue weighted by molar-refractivity contribution is 7.85. The summed E-state index contributed by atoms with van der Waals surface area (Å²) in [5.41, 5.74) is 0.285. The molecule has 134 valence electrons. The van der Waals surface area contributed by atoms with E-state index in [0.29, 0.717) is 24.6 Å². The van der Waals surface area contributed by atoms with Gasteiger partial charge < -0.3 is 14.2 Å². The predicted molar refractivity (Wildman–Crippen MR) is 80.2 cm³/mol. The molecule has 0 saturated carbocycles. The number of alkyl halides is 3. The predicted octanol–water partition coefficient (Wildman–Crippen LogP) is 2.32. The van der Waals surface area contributed by atoms with Crippen LogP contribution >= 0.6 is 0 Å². The third-order valence-corrected chi connectivity index (χ3v) is 4.70. The van der Waals surface area contributed by atoms with E-state index in [0.717, 1.165) is 0 Å². The normalized spacial score (nSPS) is 16.0. The molecule has 0 N–H and O–H groups in total. The summed E-state index contributed by atoms with van der Waals surface area (Å²) in [5.74, 6) is -0.606. The molecular formula is C14H12F3N3O4S. The maximum atomic E-state index is 12.4. The van der Waals surface area contributed by atoms with Gasteiger partial charge in [-0.1, -0.05) is 5.16 Å². The van der Waals surface area contributed by atoms with Crippen LogP contribution in [0.4, 0.5) is 18.0 Å². The van der Waals surface area contributed by atoms with Crippen LogP contribution in [0.25, 0.3) is 11.4 Å². The van der Waals surface area contributed by atoms with Crippen molar-refractivity contribution in [2.75, 3.05) is 24.6 Å². The first-order valence-corrected chi connectivity index (χ1v) is 8.65. The van der Waals surface area contributed by atoms with Gasteiger partial charge in [-0.15, -0.1) is 0 Å². The number of ether oxygens (including phenoxy) is 1. The first kappa shape index (κ1) is 17.4. The first-order valence-electron chi connectivity index (χ1n) is 7.16. The minimum absolute atomic E-state index is 0.219. The van der Waals surface area contributed by atoms with Gasteiger partial charge in [-0.25, -0.2) is 4.79 Å². The molecule has 2 aromatic rings. The van der Waals surface area contributed by atoms with Crippen molar-refractivity contribution in [3.05, 3.63) is 30.2 Å². The van der Waals surface area contributed by atoms with Crippen LogP contribution in [0.1, 0.15) is 5.89 Å². The molecule has 1 saturated heterocycles. The van der Waals surface area contributed by atoms with Crippen LogP contribution in [0.3, 0.4) is 0 Å². The van der Waals surface area contributed by atoms with Crippen molar-refractivity contribution < 1.29 is 31.4 Å². The molecule has 1 aliphatic heterocycles. The van der Waals surface area contributed by atoms with Gasteiger partial charge >= 0.3 is 18.2 Å². The molecule has 1 aromatic carbocycles. The molecule has 25 heavy (non-hydrogen) atoms. The molecule has 0 atom stereocenters. The SMILES string of the molecule is O=C(Oc1ccc(-c2noc(C(F)(F)F)n2)cc1)N1CCS(=O)CC1. The molecule has 1 fully saturated rings. The fourth-order valence-electron chi connectivity index (χ4n) is 2.11. The number of carbonyl (C=O) groups excluding carboxylic acids is 1. The lowest BCUT2D eigenvalue weighted by Gasteiger charge is -2.25. The molecule has 1 aromatic heterocycles. The number of amides is 1. The molecule has 11 heteroatoms. The summed E-state index contributed by atoms with van der Waals surface area (Å²) in [6, 6.07) is 5.66. The second kappa shape index (κ2) is 6.82. The fraction of sp³-hybridized carbons (Fsp3) is 0.357. The highest BCUT2D eigenvalue weighted by Gasteiger charge is 2.38. The van der Waals surface area contributed by atoms with Gasteiger partial charge in [0, 0.05) is 41.0 Å². The number of nitrogens with zero attached hydrogens (tertiary/aromatic N) is 3. The zero-order valence-electron chi connectivity index (χ0n) is 12.7. The Hall–Kier alpha value is -2.43. The van der Waals surface area contributed by atoms with Gasteiger partial charge in [0.1, 0.15) is 5.75 Å². The number of carbonyl (C=O) groups is 1. The molecule has 0 spiro atoms. The van der Waals surface area contributed by atoms with Crippen LogP contribution in [-0.2, 0) is 17.0 Å². The van der Waals surface area contributed by atoms with E-state index in [1.165, 1.54) is 29.2 Å². The van der Waals surface area contributed by atoms with Crippen LogP contribution in [0.2, 0.25) is 0 Å². The lowest BCUT2D eigenvalue weighted by molar-refractivity contribution is -0.159. The first-order chi connectivity index (χ1) is 11.8. The van der Waals surface area contributed by atoms with Crippen LogP contribution < -0.4 is 4.74 Å². The molecule has 1 aliphatic rings. The van der Waals surface area contributed by atoms with Crippen molar-refractivity contribution in [2.45, 2.75) is 6.18 Å². The van der Waals surface area contributed by atoms with Crippen molar-refractivity contribution in [2.24, 2.45) is 0 Å². The van der Waals surface area contributed by atoms with E-state index in [1.54, 1.807) is 0 Å². The number of rotatable bonds is 2. The molecule has 7 nitrogen and oxygen atoms in total. The molecule has 0 aliphatic carbocycles. The summed E-state index contributed by atoms with van der Waals surface area (Å²) in [4.78, 5) is 16.7. The van der Waals surface area contributed by atoms with E-state index in [2.05, 4.69) is 14.7 Å². The van der Waals surface area contributed by atoms with Crippen molar-refractivity contribution >= 4 is 16.9 Å².